The quantitative estimate of drug-likeness (QED) is 0.113. The van der Waals surface area contributed by atoms with Gasteiger partial charge in [-0.15, -0.1) is 0 Å². The van der Waals surface area contributed by atoms with E-state index < -0.39 is 11.6 Å². The van der Waals surface area contributed by atoms with Gasteiger partial charge in [0.1, 0.15) is 104 Å². The van der Waals surface area contributed by atoms with Gasteiger partial charge in [-0.25, -0.2) is 8.78 Å². The zero-order valence-corrected chi connectivity index (χ0v) is 56.5. The molecular formula is C90H42F2N16. The van der Waals surface area contributed by atoms with Crippen LogP contribution in [0, 0.1) is 142 Å². The molecule has 0 fully saturated rings. The smallest absolute Gasteiger partial charge is 0.265 e. The molecule has 15 rings (SSSR count). The van der Waals surface area contributed by atoms with Gasteiger partial charge >= 0.3 is 17.5 Å². The van der Waals surface area contributed by atoms with Crippen molar-refractivity contribution in [3.63, 3.8) is 0 Å². The monoisotopic (exact) mass is 1380 g/mol. The van der Waals surface area contributed by atoms with Crippen LogP contribution >= 0.6 is 0 Å². The molecule has 6 aliphatic rings. The molecule has 18 heteroatoms. The van der Waals surface area contributed by atoms with Gasteiger partial charge in [-0.2, -0.15) is 71.2 Å². The molecule has 0 amide bonds. The van der Waals surface area contributed by atoms with Gasteiger partial charge in [-0.1, -0.05) is 66.8 Å². The van der Waals surface area contributed by atoms with Crippen LogP contribution in [-0.2, 0) is 38.5 Å². The van der Waals surface area contributed by atoms with E-state index in [0.29, 0.717) is 92.5 Å². The first-order valence-electron chi connectivity index (χ1n) is 32.9. The molecule has 0 aliphatic heterocycles. The molecule has 0 bridgehead atoms. The summed E-state index contributed by atoms with van der Waals surface area (Å²) in [5.74, 6) is -0.818. The molecular weight excluding hydrogens is 1340 g/mol. The summed E-state index contributed by atoms with van der Waals surface area (Å²) in [5, 5.41) is 80.9. The van der Waals surface area contributed by atoms with Crippen LogP contribution in [0.25, 0.3) is 132 Å². The van der Waals surface area contributed by atoms with Gasteiger partial charge in [0.2, 0.25) is 0 Å². The Kier molecular flexibility index (Phi) is 19.2. The number of benzene rings is 7. The van der Waals surface area contributed by atoms with E-state index >= 15 is 0 Å². The van der Waals surface area contributed by atoms with E-state index in [0.717, 1.165) is 109 Å². The minimum absolute atomic E-state index is 0.0127. The molecule has 2 aromatic heterocycles. The van der Waals surface area contributed by atoms with Gasteiger partial charge in [0.25, 0.3) is 0 Å². The maximum absolute atomic E-state index is 14.3. The molecule has 0 radical (unpaired) electrons. The third-order valence-corrected chi connectivity index (χ3v) is 19.4. The van der Waals surface area contributed by atoms with Crippen molar-refractivity contribution >= 4 is 36.5 Å². The number of aromatic nitrogens is 2. The normalized spacial score (nSPS) is 12.5. The van der Waals surface area contributed by atoms with E-state index in [-0.39, 0.29) is 47.0 Å². The van der Waals surface area contributed by atoms with Crippen LogP contribution in [0.15, 0.2) is 214 Å². The van der Waals surface area contributed by atoms with Crippen molar-refractivity contribution in [2.45, 2.75) is 38.5 Å². The second-order valence-electron chi connectivity index (χ2n) is 25.0. The average molecular weight is 1390 g/mol. The zero-order valence-electron chi connectivity index (χ0n) is 56.5. The summed E-state index contributed by atoms with van der Waals surface area (Å²) in [4.78, 5) is 28.8. The highest BCUT2D eigenvalue weighted by molar-refractivity contribution is 5.91. The number of pyridine rings is 2. The third kappa shape index (κ3) is 12.6. The van der Waals surface area contributed by atoms with Gasteiger partial charge in [-0.05, 0) is 258 Å². The number of nitrogens with zero attached hydrogens (tertiary/aromatic N) is 16. The van der Waals surface area contributed by atoms with E-state index in [1.165, 1.54) is 24.3 Å². The van der Waals surface area contributed by atoms with E-state index in [1.54, 1.807) is 85.5 Å². The molecule has 0 unspecified atom stereocenters. The van der Waals surface area contributed by atoms with Crippen LogP contribution in [-0.4, -0.2) is 9.97 Å². The van der Waals surface area contributed by atoms with Crippen LogP contribution in [0.5, 0.6) is 0 Å². The molecule has 496 valence electrons. The number of halogens is 2. The Morgan fingerprint density at radius 1 is 0.296 bits per heavy atom. The van der Waals surface area contributed by atoms with Gasteiger partial charge < -0.3 is 0 Å². The molecule has 0 saturated carbocycles. The number of rotatable bonds is 6. The average Bonchev–Trinajstić information content (AvgIpc) is 1.57. The number of nitriles is 8. The Bertz CT molecular complexity index is 6370. The maximum atomic E-state index is 14.3. The van der Waals surface area contributed by atoms with Crippen molar-refractivity contribution < 1.29 is 8.78 Å². The molecule has 7 aromatic carbocycles. The molecule has 16 nitrogen and oxygen atoms in total. The Labute approximate surface area is 617 Å². The minimum atomic E-state index is -0.423. The topological polar surface area (TPSA) is 242 Å². The zero-order chi connectivity index (χ0) is 75.9. The first-order chi connectivity index (χ1) is 52.7. The Balaban J connectivity index is 0.000000143. The Morgan fingerprint density at radius 3 is 0.759 bits per heavy atom. The lowest BCUT2D eigenvalue weighted by molar-refractivity contribution is 0.628. The maximum Gasteiger partial charge on any atom is 0.522 e. The second kappa shape index (κ2) is 29.8. The molecule has 0 saturated heterocycles. The summed E-state index contributed by atoms with van der Waals surface area (Å²) in [6.45, 7) is 44.8. The fraction of sp³-hybridized carbons (Fsp3) is 0.0667. The predicted octanol–water partition coefficient (Wildman–Crippen LogP) is 14.1. The van der Waals surface area contributed by atoms with Crippen molar-refractivity contribution in [2.24, 2.45) is 0 Å². The molecule has 2 heterocycles. The first-order valence-corrected chi connectivity index (χ1v) is 32.9. The molecule has 0 atom stereocenters. The summed E-state index contributed by atoms with van der Waals surface area (Å²) in [6.07, 6.45) is 20.3. The van der Waals surface area contributed by atoms with Gasteiger partial charge in [0.05, 0.1) is 40.0 Å². The molecule has 9 aromatic rings. The third-order valence-electron chi connectivity index (χ3n) is 19.4. The summed E-state index contributed by atoms with van der Waals surface area (Å²) in [5.41, 5.74) is 20.3. The highest BCUT2D eigenvalue weighted by Crippen LogP contribution is 2.40. The van der Waals surface area contributed by atoms with Gasteiger partial charge in [0, 0.05) is 44.0 Å². The lowest BCUT2D eigenvalue weighted by Gasteiger charge is -2.16. The van der Waals surface area contributed by atoms with Crippen molar-refractivity contribution in [3.05, 3.63) is 370 Å². The van der Waals surface area contributed by atoms with E-state index in [1.807, 2.05) is 109 Å². The van der Waals surface area contributed by atoms with Crippen LogP contribution in [0.1, 0.15) is 44.5 Å². The lowest BCUT2D eigenvalue weighted by Crippen LogP contribution is -2.22. The summed E-state index contributed by atoms with van der Waals surface area (Å²) in [6, 6.07) is 50.6. The molecule has 108 heavy (non-hydrogen) atoms. The van der Waals surface area contributed by atoms with E-state index in [2.05, 4.69) is 51.2 Å². The predicted molar refractivity (Wildman–Crippen MR) is 399 cm³/mol. The van der Waals surface area contributed by atoms with Crippen molar-refractivity contribution in [1.82, 2.24) is 9.97 Å². The fourth-order valence-corrected chi connectivity index (χ4v) is 14.9. The standard InChI is InChI=1S/C32H14N6.C30H14F2N4.C28H14N6/c1-37-32(38-2)24-13-28-29(14-24)31(22-9-5-20(16-34)6-10-22)27-12-23(25(17-35)18-36)11-26(27)30(28)21-7-3-19(15-33)4-8-21;1-35-30(36-2)20-13-26-27(14-20)29(18-6-4-8-23(32)10-18)25-12-19(21(15-33)16-34)11-24(25)28(26)17-5-3-7-22(31)9-17;1-31-28(32-2)20-13-24-25(14-20)27(18-5-9-34-10-6-18)23-12-19(21(15-29)16-30)11-22(23)26(24)17-3-7-33-8-4-17/h3-11,14H,12-13H2;3-11,14H,12-13H2;3-11,14H,12-13H2. The van der Waals surface area contributed by atoms with Crippen molar-refractivity contribution in [2.75, 3.05) is 0 Å². The van der Waals surface area contributed by atoms with Crippen LogP contribution < -0.4 is 31.3 Å². The fourth-order valence-electron chi connectivity index (χ4n) is 14.9. The number of hydrogen-bond acceptors (Lipinski definition) is 10. The number of allylic oxidation sites excluding steroid dienone is 9. The van der Waals surface area contributed by atoms with Gasteiger partial charge in [-0.3, -0.25) is 9.97 Å². The van der Waals surface area contributed by atoms with E-state index in [4.69, 9.17) is 39.4 Å². The molecule has 6 aliphatic carbocycles. The largest absolute Gasteiger partial charge is 0.522 e. The first kappa shape index (κ1) is 69.7. The Morgan fingerprint density at radius 2 is 0.528 bits per heavy atom. The van der Waals surface area contributed by atoms with Crippen LogP contribution in [0.3, 0.4) is 0 Å². The summed E-state index contributed by atoms with van der Waals surface area (Å²) in [7, 11) is 0. The van der Waals surface area contributed by atoms with Crippen molar-refractivity contribution in [1.29, 1.82) is 42.1 Å². The highest BCUT2D eigenvalue weighted by atomic mass is 19.1. The summed E-state index contributed by atoms with van der Waals surface area (Å²) < 4.78 is 28.7. The molecule has 0 N–H and O–H groups in total. The van der Waals surface area contributed by atoms with E-state index in [9.17, 15) is 50.9 Å². The SMILES string of the molecule is [C-]#[N+]C([N+]#[C-])=C1C=c2c(c(-c3ccc(C#N)cc3)c3c(c2-c2ccc(C#N)cc2)CC(=C(C#N)C#N)C=3)C1.[C-]#[N+]C([N+]#[C-])=C1C=c2c(c(-c3cccc(F)c3)c3c(c2-c2cccc(F)c2)CC(=C(C#N)C#N)C=3)C1.[C-]#[N+]C([N+]#[C-])=C1C=c2c(c(-c3ccncc3)c3c(c2-c2ccncc2)CC(=C(C#N)C#N)C=3)C1. The van der Waals surface area contributed by atoms with Gasteiger partial charge in [0.15, 0.2) is 0 Å². The minimum Gasteiger partial charge on any atom is -0.265 e. The lowest BCUT2D eigenvalue weighted by atomic mass is 9.87. The van der Waals surface area contributed by atoms with Crippen LogP contribution in [0.2, 0.25) is 0 Å². The molecule has 0 spiro atoms. The number of fused-ring (bicyclic) bond motifs is 6. The number of hydrogen-bond donors (Lipinski definition) is 0. The second-order valence-corrected chi connectivity index (χ2v) is 25.0. The van der Waals surface area contributed by atoms with Crippen LogP contribution in [0.4, 0.5) is 8.78 Å². The Hall–Kier alpha value is -16.8. The highest BCUT2D eigenvalue weighted by Gasteiger charge is 2.34. The van der Waals surface area contributed by atoms with Crippen molar-refractivity contribution in [3.8, 4) is 115 Å². The summed E-state index contributed by atoms with van der Waals surface area (Å²) >= 11 is 0.